The van der Waals surface area contributed by atoms with E-state index in [-0.39, 0.29) is 5.91 Å². The molecular formula is C13H23N5OS. The average molecular weight is 297 g/mol. The third-order valence-corrected chi connectivity index (χ3v) is 4.76. The van der Waals surface area contributed by atoms with Gasteiger partial charge in [-0.15, -0.1) is 10.2 Å². The largest absolute Gasteiger partial charge is 0.339 e. The van der Waals surface area contributed by atoms with Crippen LogP contribution in [0, 0.1) is 6.92 Å². The van der Waals surface area contributed by atoms with Gasteiger partial charge in [-0.2, -0.15) is 0 Å². The topological polar surface area (TPSA) is 77.0 Å². The lowest BCUT2D eigenvalue weighted by molar-refractivity contribution is -0.131. The number of hydrogen-bond acceptors (Lipinski definition) is 5. The first-order chi connectivity index (χ1) is 9.63. The Bertz CT molecular complexity index is 456. The van der Waals surface area contributed by atoms with Crippen LogP contribution in [0.2, 0.25) is 0 Å². The van der Waals surface area contributed by atoms with Crippen molar-refractivity contribution in [1.82, 2.24) is 19.8 Å². The van der Waals surface area contributed by atoms with Crippen molar-refractivity contribution in [2.45, 2.75) is 57.1 Å². The second kappa shape index (κ2) is 6.97. The quantitative estimate of drug-likeness (QED) is 0.659. The van der Waals surface area contributed by atoms with E-state index in [0.29, 0.717) is 22.8 Å². The molecule has 2 rings (SSSR count). The van der Waals surface area contributed by atoms with Gasteiger partial charge in [0.25, 0.3) is 0 Å². The van der Waals surface area contributed by atoms with Crippen molar-refractivity contribution >= 4 is 17.7 Å². The van der Waals surface area contributed by atoms with E-state index in [4.69, 9.17) is 5.84 Å². The van der Waals surface area contributed by atoms with Gasteiger partial charge in [-0.05, 0) is 26.7 Å². The smallest absolute Gasteiger partial charge is 0.233 e. The van der Waals surface area contributed by atoms with Gasteiger partial charge in [-0.25, -0.2) is 4.68 Å². The van der Waals surface area contributed by atoms with Crippen LogP contribution in [0.1, 0.15) is 44.9 Å². The number of nitrogens with two attached hydrogens (primary N) is 1. The fourth-order valence-electron chi connectivity index (χ4n) is 2.69. The summed E-state index contributed by atoms with van der Waals surface area (Å²) >= 11 is 1.36. The summed E-state index contributed by atoms with van der Waals surface area (Å²) in [6.07, 6.45) is 6.04. The molecular weight excluding hydrogens is 274 g/mol. The van der Waals surface area contributed by atoms with E-state index in [2.05, 4.69) is 10.2 Å². The highest BCUT2D eigenvalue weighted by Gasteiger charge is 2.24. The summed E-state index contributed by atoms with van der Waals surface area (Å²) in [6.45, 7) is 4.62. The van der Waals surface area contributed by atoms with Gasteiger partial charge in [0, 0.05) is 12.6 Å². The number of rotatable bonds is 5. The normalized spacial score (nSPS) is 16.3. The molecule has 0 radical (unpaired) electrons. The molecule has 1 heterocycles. The minimum atomic E-state index is 0.171. The number of thioether (sulfide) groups is 1. The molecule has 0 unspecified atom stereocenters. The molecule has 1 amide bonds. The zero-order valence-electron chi connectivity index (χ0n) is 12.2. The summed E-state index contributed by atoms with van der Waals surface area (Å²) in [5.74, 6) is 6.98. The van der Waals surface area contributed by atoms with E-state index >= 15 is 0 Å². The Balaban J connectivity index is 1.90. The first-order valence-corrected chi connectivity index (χ1v) is 8.21. The molecule has 1 saturated carbocycles. The first-order valence-electron chi connectivity index (χ1n) is 7.22. The Hall–Kier alpha value is -1.24. The fourth-order valence-corrected chi connectivity index (χ4v) is 3.48. The van der Waals surface area contributed by atoms with Gasteiger partial charge >= 0.3 is 0 Å². The molecule has 112 valence electrons. The summed E-state index contributed by atoms with van der Waals surface area (Å²) in [5.41, 5.74) is 0. The number of aromatic nitrogens is 3. The van der Waals surface area contributed by atoms with Gasteiger partial charge in [0.05, 0.1) is 5.75 Å². The van der Waals surface area contributed by atoms with Crippen molar-refractivity contribution in [1.29, 1.82) is 0 Å². The van der Waals surface area contributed by atoms with Gasteiger partial charge in [-0.3, -0.25) is 4.79 Å². The van der Waals surface area contributed by atoms with E-state index in [1.165, 1.54) is 35.7 Å². The van der Waals surface area contributed by atoms with Crippen LogP contribution in [0.15, 0.2) is 5.16 Å². The van der Waals surface area contributed by atoms with Crippen LogP contribution in [0.3, 0.4) is 0 Å². The van der Waals surface area contributed by atoms with Crippen molar-refractivity contribution in [2.75, 3.05) is 18.1 Å². The summed E-state index contributed by atoms with van der Waals surface area (Å²) in [4.78, 5) is 14.4. The van der Waals surface area contributed by atoms with E-state index in [1.807, 2.05) is 11.8 Å². The number of nitrogens with zero attached hydrogens (tertiary/aromatic N) is 4. The summed E-state index contributed by atoms with van der Waals surface area (Å²) in [5, 5.41) is 8.45. The number of amides is 1. The van der Waals surface area contributed by atoms with Crippen LogP contribution in [0.5, 0.6) is 0 Å². The van der Waals surface area contributed by atoms with E-state index in [1.54, 1.807) is 6.92 Å². The minimum Gasteiger partial charge on any atom is -0.339 e. The molecule has 7 heteroatoms. The summed E-state index contributed by atoms with van der Waals surface area (Å²) < 4.78 is 1.43. The highest BCUT2D eigenvalue weighted by molar-refractivity contribution is 7.99. The Kier molecular flexibility index (Phi) is 5.28. The van der Waals surface area contributed by atoms with Gasteiger partial charge in [-0.1, -0.05) is 31.0 Å². The van der Waals surface area contributed by atoms with Gasteiger partial charge in [0.15, 0.2) is 0 Å². The molecule has 1 aromatic heterocycles. The molecule has 1 aliphatic carbocycles. The summed E-state index contributed by atoms with van der Waals surface area (Å²) in [6, 6.07) is 0.416. The second-order valence-electron chi connectivity index (χ2n) is 5.16. The maximum atomic E-state index is 12.4. The minimum absolute atomic E-state index is 0.171. The van der Waals surface area contributed by atoms with Gasteiger partial charge < -0.3 is 10.7 Å². The maximum Gasteiger partial charge on any atom is 0.233 e. The Morgan fingerprint density at radius 2 is 2.10 bits per heavy atom. The van der Waals surface area contributed by atoms with Crippen LogP contribution in [-0.2, 0) is 4.79 Å². The molecule has 1 fully saturated rings. The molecule has 0 spiro atoms. The lowest BCUT2D eigenvalue weighted by Crippen LogP contribution is -2.42. The SMILES string of the molecule is CCN(C(=O)CSc1nnc(C)n1N)C1CCCCC1. The Morgan fingerprint density at radius 1 is 1.40 bits per heavy atom. The Labute approximate surface area is 124 Å². The van der Waals surface area contributed by atoms with Crippen LogP contribution >= 0.6 is 11.8 Å². The number of carbonyl (C=O) groups is 1. The molecule has 1 aromatic rings. The molecule has 0 aliphatic heterocycles. The van der Waals surface area contributed by atoms with E-state index in [9.17, 15) is 4.79 Å². The molecule has 0 bridgehead atoms. The molecule has 2 N–H and O–H groups in total. The predicted octanol–water partition coefficient (Wildman–Crippen LogP) is 1.57. The van der Waals surface area contributed by atoms with Crippen molar-refractivity contribution in [2.24, 2.45) is 0 Å². The molecule has 1 aliphatic rings. The van der Waals surface area contributed by atoms with Gasteiger partial charge in [0.1, 0.15) is 5.82 Å². The number of aryl methyl sites for hydroxylation is 1. The number of hydrogen-bond donors (Lipinski definition) is 1. The molecule has 0 aromatic carbocycles. The lowest BCUT2D eigenvalue weighted by Gasteiger charge is -2.33. The Morgan fingerprint density at radius 3 is 2.65 bits per heavy atom. The van der Waals surface area contributed by atoms with Crippen molar-refractivity contribution < 1.29 is 4.79 Å². The van der Waals surface area contributed by atoms with Crippen LogP contribution in [0.4, 0.5) is 0 Å². The first kappa shape index (κ1) is 15.2. The van der Waals surface area contributed by atoms with Crippen LogP contribution in [0.25, 0.3) is 0 Å². The second-order valence-corrected chi connectivity index (χ2v) is 6.10. The van der Waals surface area contributed by atoms with E-state index < -0.39 is 0 Å². The average Bonchev–Trinajstić information content (AvgIpc) is 2.78. The molecule has 20 heavy (non-hydrogen) atoms. The third kappa shape index (κ3) is 3.45. The molecule has 6 nitrogen and oxygen atoms in total. The van der Waals surface area contributed by atoms with Crippen LogP contribution in [-0.4, -0.2) is 44.0 Å². The third-order valence-electron chi connectivity index (χ3n) is 3.84. The zero-order valence-corrected chi connectivity index (χ0v) is 13.0. The lowest BCUT2D eigenvalue weighted by atomic mass is 9.94. The number of nitrogen functional groups attached to an aromatic ring is 1. The van der Waals surface area contributed by atoms with Crippen molar-refractivity contribution in [3.05, 3.63) is 5.82 Å². The standard InChI is InChI=1S/C13H23N5OS/c1-3-17(11-7-5-4-6-8-11)12(19)9-20-13-16-15-10(2)18(13)14/h11H,3-9,14H2,1-2H3. The highest BCUT2D eigenvalue weighted by Crippen LogP contribution is 2.24. The van der Waals surface area contributed by atoms with Crippen molar-refractivity contribution in [3.63, 3.8) is 0 Å². The molecule has 0 atom stereocenters. The number of carbonyl (C=O) groups excluding carboxylic acids is 1. The summed E-state index contributed by atoms with van der Waals surface area (Å²) in [7, 11) is 0. The fraction of sp³-hybridized carbons (Fsp3) is 0.769. The van der Waals surface area contributed by atoms with Crippen molar-refractivity contribution in [3.8, 4) is 0 Å². The maximum absolute atomic E-state index is 12.4. The monoisotopic (exact) mass is 297 g/mol. The highest BCUT2D eigenvalue weighted by atomic mass is 32.2. The predicted molar refractivity (Wildman–Crippen MR) is 79.9 cm³/mol. The molecule has 0 saturated heterocycles. The zero-order chi connectivity index (χ0) is 14.5. The van der Waals surface area contributed by atoms with E-state index in [0.717, 1.165) is 19.4 Å². The van der Waals surface area contributed by atoms with Crippen LogP contribution < -0.4 is 5.84 Å². The van der Waals surface area contributed by atoms with Gasteiger partial charge in [0.2, 0.25) is 11.1 Å².